The van der Waals surface area contributed by atoms with Crippen molar-refractivity contribution < 1.29 is 56.6 Å². The molecule has 1 fully saturated rings. The number of benzene rings is 1. The molecule has 206 valence electrons. The largest absolute Gasteiger partial charge is 0.479 e. The third-order valence-corrected chi connectivity index (χ3v) is 5.56. The van der Waals surface area contributed by atoms with Gasteiger partial charge in [-0.1, -0.05) is 26.0 Å². The second-order valence-electron chi connectivity index (χ2n) is 8.61. The first kappa shape index (κ1) is 26.9. The van der Waals surface area contributed by atoms with Crippen LogP contribution in [0.1, 0.15) is 22.2 Å². The summed E-state index contributed by atoms with van der Waals surface area (Å²) in [5.41, 5.74) is 0.823. The number of aliphatic carboxylic acids is 1. The normalized spacial score (nSPS) is 25.8. The van der Waals surface area contributed by atoms with Gasteiger partial charge in [0, 0.05) is 7.06 Å². The van der Waals surface area contributed by atoms with Crippen molar-refractivity contribution in [3.8, 4) is 0 Å². The molecule has 0 aliphatic carbocycles. The number of rotatable bonds is 12. The summed E-state index contributed by atoms with van der Waals surface area (Å²) in [5, 5.41) is 47.0. The van der Waals surface area contributed by atoms with Crippen molar-refractivity contribution in [2.45, 2.75) is 63.2 Å². The number of carbonyl (C=O) groups is 4. The first-order valence-corrected chi connectivity index (χ1v) is 11.3. The van der Waals surface area contributed by atoms with Gasteiger partial charge in [0.15, 0.2) is 13.8 Å². The molecular formula is C23H33N3O11. The Morgan fingerprint density at radius 2 is 1.84 bits per heavy atom. The molecule has 2 amide bonds. The summed E-state index contributed by atoms with van der Waals surface area (Å²) in [6.07, 6.45) is -10.6. The van der Waals surface area contributed by atoms with Crippen molar-refractivity contribution in [2.24, 2.45) is 5.92 Å². The molecule has 0 saturated carbocycles. The molecule has 7 unspecified atom stereocenters. The van der Waals surface area contributed by atoms with Crippen LogP contribution in [0.15, 0.2) is 24.3 Å². The molecule has 0 spiro atoms. The summed E-state index contributed by atoms with van der Waals surface area (Å²) >= 11 is 0. The van der Waals surface area contributed by atoms with Crippen molar-refractivity contribution in [2.75, 3.05) is 18.9 Å². The topological polar surface area (TPSA) is 213 Å². The number of anilines is 1. The van der Waals surface area contributed by atoms with Crippen LogP contribution in [0.25, 0.3) is 0 Å². The smallest absolute Gasteiger partial charge is 0.335 e. The summed E-state index contributed by atoms with van der Waals surface area (Å²) in [7, 11) is -0.273. The molecule has 1 aliphatic rings. The van der Waals surface area contributed by atoms with Gasteiger partial charge in [0.1, 0.15) is 31.0 Å². The van der Waals surface area contributed by atoms with Gasteiger partial charge in [-0.15, -0.1) is 0 Å². The van der Waals surface area contributed by atoms with E-state index >= 15 is 0 Å². The molecule has 14 heteroatoms. The Labute approximate surface area is 215 Å². The maximum Gasteiger partial charge on any atom is 0.335 e. The molecule has 1 saturated heterocycles. The lowest BCUT2D eigenvalue weighted by Gasteiger charge is -2.38. The molecule has 1 aromatic rings. The number of aliphatic hydroxyl groups excluding tert-OH is 3. The van der Waals surface area contributed by atoms with Crippen LogP contribution in [0.4, 0.5) is 5.69 Å². The molecule has 7 N–H and O–H groups in total. The maximum absolute atomic E-state index is 13.1. The molecule has 14 nitrogen and oxygen atoms in total. The minimum Gasteiger partial charge on any atom is -0.479 e. The predicted octanol–water partition coefficient (Wildman–Crippen LogP) is -2.06. The quantitative estimate of drug-likeness (QED) is 0.145. The van der Waals surface area contributed by atoms with Gasteiger partial charge in [0.2, 0.25) is 11.8 Å². The highest BCUT2D eigenvalue weighted by atomic mass is 16.7. The Kier molecular flexibility index (Phi) is 10.2. The van der Waals surface area contributed by atoms with Gasteiger partial charge >= 0.3 is 5.97 Å². The van der Waals surface area contributed by atoms with Gasteiger partial charge in [-0.3, -0.25) is 14.4 Å². The van der Waals surface area contributed by atoms with Crippen LogP contribution in [-0.2, 0) is 40.0 Å². The summed E-state index contributed by atoms with van der Waals surface area (Å²) in [6, 6.07) is 3.75. The summed E-state index contributed by atoms with van der Waals surface area (Å²) in [5.74, 6) is -3.30. The van der Waals surface area contributed by atoms with Gasteiger partial charge in [0.25, 0.3) is 6.45 Å². The Balaban J connectivity index is 2.18. The van der Waals surface area contributed by atoms with Gasteiger partial charge in [0.05, 0.1) is 12.6 Å². The van der Waals surface area contributed by atoms with E-state index in [1.165, 1.54) is 24.3 Å². The number of nitrogens with one attached hydrogen (secondary N) is 3. The highest BCUT2D eigenvalue weighted by molar-refractivity contribution is 5.98. The van der Waals surface area contributed by atoms with E-state index in [1.807, 2.05) is 0 Å². The third kappa shape index (κ3) is 8.18. The molecule has 0 aromatic heterocycles. The number of carboxylic acid groups (broad SMARTS) is 1. The van der Waals surface area contributed by atoms with Crippen LogP contribution in [0.5, 0.6) is 0 Å². The van der Waals surface area contributed by atoms with Crippen LogP contribution in [-0.4, -0.2) is 101 Å². The number of hydrogen-bond acceptors (Lipinski definition) is 11. The highest BCUT2D eigenvalue weighted by Gasteiger charge is 2.47. The number of amides is 2. The van der Waals surface area contributed by atoms with Crippen LogP contribution < -0.4 is 16.0 Å². The van der Waals surface area contributed by atoms with E-state index in [0.29, 0.717) is 5.56 Å². The SMILES string of the molecule is [2H]C(=O)OCc1ccc(NC(=O)C(COC2OC(C(=O)O)C(O)C(O)C2O)NC(=O)C(NC[3H])C(C)C)cc1. The maximum atomic E-state index is 13.1. The van der Waals surface area contributed by atoms with E-state index < -0.39 is 73.6 Å². The summed E-state index contributed by atoms with van der Waals surface area (Å²) < 4.78 is 29.2. The molecule has 7 atom stereocenters. The lowest BCUT2D eigenvalue weighted by Crippen LogP contribution is -2.61. The average Bonchev–Trinajstić information content (AvgIpc) is 2.88. The fourth-order valence-corrected chi connectivity index (χ4v) is 3.48. The lowest BCUT2D eigenvalue weighted by molar-refractivity contribution is -0.294. The van der Waals surface area contributed by atoms with E-state index in [2.05, 4.69) is 20.7 Å². The zero-order valence-corrected chi connectivity index (χ0v) is 20.2. The molecule has 1 heterocycles. The van der Waals surface area contributed by atoms with E-state index in [1.54, 1.807) is 13.8 Å². The monoisotopic (exact) mass is 530 g/mol. The number of aliphatic hydroxyl groups is 3. The van der Waals surface area contributed by atoms with Crippen molar-refractivity contribution in [1.82, 2.24) is 10.6 Å². The molecule has 1 aromatic carbocycles. The minimum absolute atomic E-state index is 0.149. The zero-order valence-electron chi connectivity index (χ0n) is 22.2. The van der Waals surface area contributed by atoms with Crippen LogP contribution in [0.2, 0.25) is 0 Å². The van der Waals surface area contributed by atoms with Gasteiger partial charge in [-0.25, -0.2) is 4.79 Å². The number of likely N-dealkylation sites (N-methyl/N-ethyl adjacent to an activating group) is 1. The standard InChI is InChI=1S/C23H33N3O11/c1-11(2)15(24-3)21(32)26-14(20(31)25-13-6-4-12(5-7-13)8-35-10-27)9-36-23-18(30)16(28)17(29)19(37-23)22(33)34/h4-7,10-11,14-19,23-24,28-30H,8-9H2,1-3H3,(H,25,31)(H,26,32)(H,33,34)/i3T,10D. The first-order chi connectivity index (χ1) is 18.3. The van der Waals surface area contributed by atoms with E-state index in [-0.39, 0.29) is 25.2 Å². The molecule has 0 radical (unpaired) electrons. The molecule has 1 aliphatic heterocycles. The van der Waals surface area contributed by atoms with Crippen molar-refractivity contribution in [1.29, 1.82) is 0 Å². The predicted molar refractivity (Wildman–Crippen MR) is 126 cm³/mol. The summed E-state index contributed by atoms with van der Waals surface area (Å²) in [6.45, 7) is 2.66. The molecule has 2 rings (SSSR count). The average molecular weight is 531 g/mol. The summed E-state index contributed by atoms with van der Waals surface area (Å²) in [4.78, 5) is 48.0. The number of hydrogen-bond donors (Lipinski definition) is 7. The first-order valence-electron chi connectivity index (χ1n) is 12.5. The second kappa shape index (κ2) is 14.0. The van der Waals surface area contributed by atoms with Crippen molar-refractivity contribution >= 4 is 29.9 Å². The number of carbonyl (C=O) groups excluding carboxylic acids is 3. The van der Waals surface area contributed by atoms with Crippen molar-refractivity contribution in [3.63, 3.8) is 0 Å². The van der Waals surface area contributed by atoms with Gasteiger partial charge in [-0.05, 0) is 30.6 Å². The Bertz CT molecular complexity index is 998. The van der Waals surface area contributed by atoms with E-state index in [9.17, 15) is 39.6 Å². The third-order valence-electron chi connectivity index (χ3n) is 5.56. The van der Waals surface area contributed by atoms with Crippen LogP contribution in [0.3, 0.4) is 0 Å². The van der Waals surface area contributed by atoms with Gasteiger partial charge in [-0.2, -0.15) is 0 Å². The molecular weight excluding hydrogens is 494 g/mol. The van der Waals surface area contributed by atoms with Crippen LogP contribution >= 0.6 is 0 Å². The minimum atomic E-state index is -1.94. The second-order valence-corrected chi connectivity index (χ2v) is 8.61. The molecule has 37 heavy (non-hydrogen) atoms. The highest BCUT2D eigenvalue weighted by Crippen LogP contribution is 2.22. The Morgan fingerprint density at radius 1 is 1.16 bits per heavy atom. The number of ether oxygens (including phenoxy) is 3. The Hall–Kier alpha value is -3.14. The zero-order chi connectivity index (χ0) is 29.3. The molecule has 0 bridgehead atoms. The number of carboxylic acids is 1. The van der Waals surface area contributed by atoms with Gasteiger partial charge < -0.3 is 50.6 Å². The van der Waals surface area contributed by atoms with E-state index in [4.69, 9.17) is 12.2 Å². The Morgan fingerprint density at radius 3 is 2.41 bits per heavy atom. The van der Waals surface area contributed by atoms with E-state index in [0.717, 1.165) is 0 Å². The fourth-order valence-electron chi connectivity index (χ4n) is 3.48. The fraction of sp³-hybridized carbons (Fsp3) is 0.565. The lowest BCUT2D eigenvalue weighted by atomic mass is 9.99. The van der Waals surface area contributed by atoms with Crippen LogP contribution in [0, 0.1) is 5.92 Å². The van der Waals surface area contributed by atoms with Crippen molar-refractivity contribution in [3.05, 3.63) is 29.8 Å².